The fourth-order valence-corrected chi connectivity index (χ4v) is 8.40. The van der Waals surface area contributed by atoms with Crippen LogP contribution in [0.2, 0.25) is 0 Å². The van der Waals surface area contributed by atoms with E-state index in [1.165, 1.54) is 0 Å². The predicted octanol–water partition coefficient (Wildman–Crippen LogP) is 12.3. The molecular formula is C49H30N2O. The van der Waals surface area contributed by atoms with Crippen molar-refractivity contribution in [1.29, 1.82) is 0 Å². The van der Waals surface area contributed by atoms with Gasteiger partial charge in [0, 0.05) is 21.5 Å². The van der Waals surface area contributed by atoms with Crippen LogP contribution in [-0.2, 0) is 0 Å². The molecule has 52 heavy (non-hydrogen) atoms. The first-order valence-corrected chi connectivity index (χ1v) is 17.7. The minimum atomic E-state index is -0.0196. The Bertz CT molecular complexity index is 3220. The van der Waals surface area contributed by atoms with E-state index >= 15 is 4.79 Å². The van der Waals surface area contributed by atoms with Gasteiger partial charge in [-0.25, -0.2) is 0 Å². The minimum Gasteiger partial charge on any atom is -0.306 e. The lowest BCUT2D eigenvalue weighted by Crippen LogP contribution is -2.09. The van der Waals surface area contributed by atoms with Gasteiger partial charge >= 0.3 is 0 Å². The van der Waals surface area contributed by atoms with Crippen molar-refractivity contribution in [2.75, 3.05) is 0 Å². The standard InChI is InChI=1S/C49H30N2O/c52-49-43-29-37(33-17-9-3-10-18-33)27-41-39-25-35(31-13-5-1-6-14-31)21-23-44(39)50(47(41)43)46-30-38(34-19-11-4-12-20-34)28-42-40-26-36(32-15-7-2-8-16-32)22-24-45(40)51(49)48(42)46/h1-30H. The second-order valence-corrected chi connectivity index (χ2v) is 13.7. The molecule has 0 N–H and O–H groups in total. The summed E-state index contributed by atoms with van der Waals surface area (Å²) < 4.78 is 4.33. The van der Waals surface area contributed by atoms with Crippen LogP contribution in [-0.4, -0.2) is 8.80 Å². The van der Waals surface area contributed by atoms with Crippen LogP contribution in [0.4, 0.5) is 0 Å². The number of hydrogen-bond donors (Lipinski definition) is 0. The molecular weight excluding hydrogens is 633 g/mol. The van der Waals surface area contributed by atoms with Crippen LogP contribution in [0.15, 0.2) is 187 Å². The van der Waals surface area contributed by atoms with Gasteiger partial charge in [0.05, 0.1) is 33.0 Å². The number of benzene rings is 8. The van der Waals surface area contributed by atoms with Crippen molar-refractivity contribution in [2.24, 2.45) is 0 Å². The highest BCUT2D eigenvalue weighted by Crippen LogP contribution is 2.42. The fraction of sp³-hybridized carbons (Fsp3) is 0. The molecule has 3 nitrogen and oxygen atoms in total. The quantitative estimate of drug-likeness (QED) is 0.184. The van der Waals surface area contributed by atoms with E-state index in [1.807, 2.05) is 16.5 Å². The molecule has 0 aliphatic rings. The number of rotatable bonds is 4. The Balaban J connectivity index is 1.38. The Hall–Kier alpha value is -6.97. The van der Waals surface area contributed by atoms with E-state index in [1.54, 1.807) is 0 Å². The lowest BCUT2D eigenvalue weighted by molar-refractivity contribution is 1.21. The van der Waals surface area contributed by atoms with Crippen LogP contribution < -0.4 is 5.56 Å². The van der Waals surface area contributed by atoms with Gasteiger partial charge in [-0.3, -0.25) is 9.20 Å². The predicted molar refractivity (Wildman–Crippen MR) is 218 cm³/mol. The van der Waals surface area contributed by atoms with Gasteiger partial charge in [0.25, 0.3) is 5.56 Å². The normalized spacial score (nSPS) is 11.9. The van der Waals surface area contributed by atoms with E-state index in [0.29, 0.717) is 5.39 Å². The van der Waals surface area contributed by atoms with Crippen LogP contribution in [0, 0.1) is 0 Å². The summed E-state index contributed by atoms with van der Waals surface area (Å²) in [4.78, 5) is 15.4. The summed E-state index contributed by atoms with van der Waals surface area (Å²) in [6, 6.07) is 64.2. The van der Waals surface area contributed by atoms with Crippen LogP contribution in [0.3, 0.4) is 0 Å². The molecule has 0 unspecified atom stereocenters. The van der Waals surface area contributed by atoms with Crippen LogP contribution in [0.5, 0.6) is 0 Å². The van der Waals surface area contributed by atoms with Crippen molar-refractivity contribution in [3.8, 4) is 44.5 Å². The Morgan fingerprint density at radius 2 is 0.654 bits per heavy atom. The lowest BCUT2D eigenvalue weighted by Gasteiger charge is -2.08. The van der Waals surface area contributed by atoms with Crippen LogP contribution in [0.25, 0.3) is 99.0 Å². The number of nitrogens with zero attached hydrogens (tertiary/aromatic N) is 2. The summed E-state index contributed by atoms with van der Waals surface area (Å²) in [6.45, 7) is 0. The fourth-order valence-electron chi connectivity index (χ4n) is 8.40. The number of hydrogen-bond acceptors (Lipinski definition) is 1. The molecule has 11 aromatic rings. The SMILES string of the molecule is O=c1c2cc(-c3ccccc3)cc3c4cc(-c5ccccc5)ccc4n(c4cc(-c5ccccc5)cc5c6cc(-c7ccccc7)ccc6n1c54)c23. The maximum atomic E-state index is 15.4. The molecule has 3 aromatic heterocycles. The van der Waals surface area contributed by atoms with E-state index in [2.05, 4.69) is 174 Å². The summed E-state index contributed by atoms with van der Waals surface area (Å²) in [6.07, 6.45) is 0. The van der Waals surface area contributed by atoms with Crippen LogP contribution in [0.1, 0.15) is 0 Å². The summed E-state index contributed by atoms with van der Waals surface area (Å²) >= 11 is 0. The van der Waals surface area contributed by atoms with Crippen molar-refractivity contribution in [3.05, 3.63) is 192 Å². The lowest BCUT2D eigenvalue weighted by atomic mass is 9.99. The molecule has 0 aliphatic carbocycles. The van der Waals surface area contributed by atoms with E-state index in [-0.39, 0.29) is 5.56 Å². The summed E-state index contributed by atoms with van der Waals surface area (Å²) in [5.41, 5.74) is 13.8. The van der Waals surface area contributed by atoms with Gasteiger partial charge in [0.15, 0.2) is 0 Å². The summed E-state index contributed by atoms with van der Waals surface area (Å²) in [5.74, 6) is 0. The maximum Gasteiger partial charge on any atom is 0.265 e. The Morgan fingerprint density at radius 3 is 1.15 bits per heavy atom. The highest BCUT2D eigenvalue weighted by atomic mass is 16.1. The second kappa shape index (κ2) is 11.0. The van der Waals surface area contributed by atoms with Crippen molar-refractivity contribution >= 4 is 54.5 Å². The summed E-state index contributed by atoms with van der Waals surface area (Å²) in [7, 11) is 0. The zero-order chi connectivity index (χ0) is 34.3. The molecule has 3 heteroatoms. The zero-order valence-electron chi connectivity index (χ0n) is 28.1. The van der Waals surface area contributed by atoms with Gasteiger partial charge in [-0.05, 0) is 93.0 Å². The highest BCUT2D eigenvalue weighted by molar-refractivity contribution is 6.21. The molecule has 0 atom stereocenters. The van der Waals surface area contributed by atoms with Gasteiger partial charge < -0.3 is 4.40 Å². The molecule has 242 valence electrons. The maximum absolute atomic E-state index is 15.4. The molecule has 8 aromatic carbocycles. The highest BCUT2D eigenvalue weighted by Gasteiger charge is 2.23. The monoisotopic (exact) mass is 662 g/mol. The number of fused-ring (bicyclic) bond motifs is 7. The van der Waals surface area contributed by atoms with Gasteiger partial charge in [-0.1, -0.05) is 133 Å². The Morgan fingerprint density at radius 1 is 0.269 bits per heavy atom. The van der Waals surface area contributed by atoms with E-state index in [0.717, 1.165) is 93.6 Å². The molecule has 3 heterocycles. The van der Waals surface area contributed by atoms with Gasteiger partial charge in [-0.15, -0.1) is 0 Å². The average Bonchev–Trinajstić information content (AvgIpc) is 3.70. The first-order valence-electron chi connectivity index (χ1n) is 17.7. The van der Waals surface area contributed by atoms with Crippen molar-refractivity contribution in [2.45, 2.75) is 0 Å². The average molecular weight is 663 g/mol. The smallest absolute Gasteiger partial charge is 0.265 e. The molecule has 0 saturated heterocycles. The van der Waals surface area contributed by atoms with Crippen LogP contribution >= 0.6 is 0 Å². The third kappa shape index (κ3) is 4.17. The van der Waals surface area contributed by atoms with Crippen molar-refractivity contribution < 1.29 is 0 Å². The van der Waals surface area contributed by atoms with Crippen molar-refractivity contribution in [3.63, 3.8) is 0 Å². The molecule has 0 amide bonds. The molecule has 0 saturated carbocycles. The molecule has 0 bridgehead atoms. The molecule has 0 fully saturated rings. The Kier molecular flexibility index (Phi) is 6.11. The molecule has 11 rings (SSSR count). The third-order valence-electron chi connectivity index (χ3n) is 10.8. The molecule has 0 aliphatic heterocycles. The first-order chi connectivity index (χ1) is 25.7. The second-order valence-electron chi connectivity index (χ2n) is 13.7. The van der Waals surface area contributed by atoms with E-state index in [9.17, 15) is 0 Å². The van der Waals surface area contributed by atoms with E-state index < -0.39 is 0 Å². The third-order valence-corrected chi connectivity index (χ3v) is 10.8. The summed E-state index contributed by atoms with van der Waals surface area (Å²) in [5, 5.41) is 5.00. The Labute approximate surface area is 299 Å². The van der Waals surface area contributed by atoms with E-state index in [4.69, 9.17) is 0 Å². The first kappa shape index (κ1) is 28.8. The topological polar surface area (TPSA) is 25.9 Å². The minimum absolute atomic E-state index is 0.0196. The van der Waals surface area contributed by atoms with Gasteiger partial charge in [-0.2, -0.15) is 0 Å². The largest absolute Gasteiger partial charge is 0.306 e. The number of aromatic nitrogens is 2. The van der Waals surface area contributed by atoms with Gasteiger partial charge in [0.2, 0.25) is 0 Å². The molecule has 0 spiro atoms. The zero-order valence-corrected chi connectivity index (χ0v) is 28.1. The van der Waals surface area contributed by atoms with Crippen molar-refractivity contribution in [1.82, 2.24) is 8.80 Å². The molecule has 0 radical (unpaired) electrons. The van der Waals surface area contributed by atoms with Gasteiger partial charge in [0.1, 0.15) is 0 Å².